The molecule has 0 atom stereocenters. The summed E-state index contributed by atoms with van der Waals surface area (Å²) in [4.78, 5) is 4.28. The van der Waals surface area contributed by atoms with Crippen LogP contribution in [0.5, 0.6) is 0 Å². The Labute approximate surface area is 162 Å². The number of hydrogen-bond acceptors (Lipinski definition) is 3. The number of halogens is 1. The Kier molecular flexibility index (Phi) is 11.0. The van der Waals surface area contributed by atoms with E-state index in [0.29, 0.717) is 32.3 Å². The average molecular weight is 447 g/mol. The zero-order valence-electron chi connectivity index (χ0n) is 14.6. The van der Waals surface area contributed by atoms with Gasteiger partial charge in [-0.3, -0.25) is 4.99 Å². The molecule has 0 radical (unpaired) electrons. The number of fused-ring (bicyclic) bond motifs is 1. The van der Waals surface area contributed by atoms with Gasteiger partial charge >= 0.3 is 0 Å². The highest BCUT2D eigenvalue weighted by Gasteiger charge is 2.10. The fraction of sp³-hybridized carbons (Fsp3) is 0.611. The summed E-state index contributed by atoms with van der Waals surface area (Å²) >= 11 is 0. The zero-order valence-corrected chi connectivity index (χ0v) is 16.9. The predicted molar refractivity (Wildman–Crippen MR) is 111 cm³/mol. The Morgan fingerprint density at radius 3 is 2.67 bits per heavy atom. The first kappa shape index (κ1) is 21.2. The number of anilines is 1. The van der Waals surface area contributed by atoms with Crippen molar-refractivity contribution in [2.24, 2.45) is 10.7 Å². The second kappa shape index (κ2) is 12.5. The van der Waals surface area contributed by atoms with Gasteiger partial charge in [0.2, 0.25) is 0 Å². The maximum atomic E-state index is 5.91. The topological polar surface area (TPSA) is 68.9 Å². The lowest BCUT2D eigenvalue weighted by Crippen LogP contribution is -2.23. The number of hydrogen-bond donors (Lipinski definition) is 2. The number of guanidine groups is 1. The molecule has 0 bridgehead atoms. The van der Waals surface area contributed by atoms with Gasteiger partial charge in [0, 0.05) is 12.3 Å². The monoisotopic (exact) mass is 447 g/mol. The van der Waals surface area contributed by atoms with Crippen LogP contribution in [0, 0.1) is 0 Å². The lowest BCUT2D eigenvalue weighted by Gasteiger charge is -2.08. The summed E-state index contributed by atoms with van der Waals surface area (Å²) in [5.74, 6) is 0.436. The molecule has 1 aliphatic rings. The highest BCUT2D eigenvalue weighted by Crippen LogP contribution is 2.24. The normalized spacial score (nSPS) is 13.5. The number of unbranched alkanes of at least 4 members (excludes halogenated alkanes) is 1. The SMILES string of the molecule is CCCCOCCOCCN=C(N)Nc1ccc2c(c1)CCC2.I. The van der Waals surface area contributed by atoms with Gasteiger partial charge in [-0.05, 0) is 48.9 Å². The van der Waals surface area contributed by atoms with Crippen molar-refractivity contribution in [2.75, 3.05) is 38.3 Å². The standard InChI is InChI=1S/C18H29N3O2.HI/c1-2-3-10-22-12-13-23-11-9-20-18(19)21-17-8-7-15-5-4-6-16(15)14-17;/h7-8,14H,2-6,9-13H2,1H3,(H3,19,20,21);1H. The summed E-state index contributed by atoms with van der Waals surface area (Å²) in [6.07, 6.45) is 5.87. The van der Waals surface area contributed by atoms with Crippen LogP contribution in [-0.4, -0.2) is 38.9 Å². The van der Waals surface area contributed by atoms with Gasteiger partial charge in [0.15, 0.2) is 5.96 Å². The molecule has 1 aromatic carbocycles. The van der Waals surface area contributed by atoms with E-state index >= 15 is 0 Å². The largest absolute Gasteiger partial charge is 0.379 e. The van der Waals surface area contributed by atoms with Crippen LogP contribution in [0.4, 0.5) is 5.69 Å². The molecule has 0 saturated heterocycles. The van der Waals surface area contributed by atoms with Crippen molar-refractivity contribution in [2.45, 2.75) is 39.0 Å². The van der Waals surface area contributed by atoms with Crippen LogP contribution in [-0.2, 0) is 22.3 Å². The Bertz CT molecular complexity index is 509. The van der Waals surface area contributed by atoms with E-state index in [4.69, 9.17) is 15.2 Å². The lowest BCUT2D eigenvalue weighted by molar-refractivity contribution is 0.0498. The molecule has 0 unspecified atom stereocenters. The van der Waals surface area contributed by atoms with Crippen LogP contribution >= 0.6 is 24.0 Å². The molecule has 0 saturated carbocycles. The quantitative estimate of drug-likeness (QED) is 0.250. The number of rotatable bonds is 10. The van der Waals surface area contributed by atoms with Crippen LogP contribution < -0.4 is 11.1 Å². The molecule has 0 aromatic heterocycles. The van der Waals surface area contributed by atoms with Gasteiger partial charge < -0.3 is 20.5 Å². The van der Waals surface area contributed by atoms with Crippen molar-refractivity contribution in [1.82, 2.24) is 0 Å². The number of ether oxygens (including phenoxy) is 2. The molecule has 0 fully saturated rings. The number of nitrogens with one attached hydrogen (secondary N) is 1. The third-order valence-electron chi connectivity index (χ3n) is 3.90. The Hall–Kier alpha value is -0.860. The van der Waals surface area contributed by atoms with Crippen molar-refractivity contribution in [3.05, 3.63) is 29.3 Å². The number of nitrogens with zero attached hydrogens (tertiary/aromatic N) is 1. The van der Waals surface area contributed by atoms with Crippen molar-refractivity contribution < 1.29 is 9.47 Å². The van der Waals surface area contributed by atoms with Gasteiger partial charge in [-0.1, -0.05) is 19.4 Å². The second-order valence-electron chi connectivity index (χ2n) is 5.81. The van der Waals surface area contributed by atoms with Gasteiger partial charge in [-0.2, -0.15) is 0 Å². The van der Waals surface area contributed by atoms with Gasteiger partial charge in [0.1, 0.15) is 0 Å². The minimum Gasteiger partial charge on any atom is -0.379 e. The Balaban J connectivity index is 0.00000288. The number of aryl methyl sites for hydroxylation is 2. The Morgan fingerprint density at radius 1 is 1.12 bits per heavy atom. The van der Waals surface area contributed by atoms with E-state index in [1.807, 2.05) is 0 Å². The molecule has 5 nitrogen and oxygen atoms in total. The van der Waals surface area contributed by atoms with Gasteiger partial charge in [-0.25, -0.2) is 0 Å². The van der Waals surface area contributed by atoms with Crippen LogP contribution in [0.15, 0.2) is 23.2 Å². The fourth-order valence-corrected chi connectivity index (χ4v) is 2.64. The van der Waals surface area contributed by atoms with Crippen molar-refractivity contribution in [1.29, 1.82) is 0 Å². The highest BCUT2D eigenvalue weighted by molar-refractivity contribution is 14.0. The van der Waals surface area contributed by atoms with Crippen LogP contribution in [0.3, 0.4) is 0 Å². The van der Waals surface area contributed by atoms with E-state index in [-0.39, 0.29) is 24.0 Å². The third-order valence-corrected chi connectivity index (χ3v) is 3.90. The van der Waals surface area contributed by atoms with Crippen molar-refractivity contribution >= 4 is 35.6 Å². The van der Waals surface area contributed by atoms with Gasteiger partial charge in [-0.15, -0.1) is 24.0 Å². The van der Waals surface area contributed by atoms with Crippen LogP contribution in [0.2, 0.25) is 0 Å². The molecule has 0 spiro atoms. The number of nitrogens with two attached hydrogens (primary N) is 1. The molecule has 2 rings (SSSR count). The first-order chi connectivity index (χ1) is 11.3. The predicted octanol–water partition coefficient (Wildman–Crippen LogP) is 3.35. The molecule has 24 heavy (non-hydrogen) atoms. The molecular weight excluding hydrogens is 417 g/mol. The average Bonchev–Trinajstić information content (AvgIpc) is 3.01. The Morgan fingerprint density at radius 2 is 1.88 bits per heavy atom. The third kappa shape index (κ3) is 7.81. The molecule has 1 aliphatic carbocycles. The van der Waals surface area contributed by atoms with Crippen molar-refractivity contribution in [3.8, 4) is 0 Å². The van der Waals surface area contributed by atoms with Crippen LogP contribution in [0.1, 0.15) is 37.3 Å². The molecule has 0 aliphatic heterocycles. The summed E-state index contributed by atoms with van der Waals surface area (Å²) in [5.41, 5.74) is 9.80. The first-order valence-corrected chi connectivity index (χ1v) is 8.64. The summed E-state index contributed by atoms with van der Waals surface area (Å²) in [6, 6.07) is 6.42. The number of aliphatic imine (C=N–C) groups is 1. The molecule has 6 heteroatoms. The first-order valence-electron chi connectivity index (χ1n) is 8.64. The summed E-state index contributed by atoms with van der Waals surface area (Å²) in [7, 11) is 0. The summed E-state index contributed by atoms with van der Waals surface area (Å²) in [6.45, 7) is 5.33. The van der Waals surface area contributed by atoms with Gasteiger partial charge in [0.05, 0.1) is 26.4 Å². The molecule has 0 heterocycles. The van der Waals surface area contributed by atoms with E-state index in [0.717, 1.165) is 31.6 Å². The molecular formula is C18H30IN3O2. The van der Waals surface area contributed by atoms with E-state index in [1.54, 1.807) is 0 Å². The molecule has 3 N–H and O–H groups in total. The summed E-state index contributed by atoms with van der Waals surface area (Å²) in [5, 5.41) is 3.14. The smallest absolute Gasteiger partial charge is 0.193 e. The van der Waals surface area contributed by atoms with E-state index in [2.05, 4.69) is 35.4 Å². The van der Waals surface area contributed by atoms with Crippen LogP contribution in [0.25, 0.3) is 0 Å². The highest BCUT2D eigenvalue weighted by atomic mass is 127. The van der Waals surface area contributed by atoms with E-state index in [9.17, 15) is 0 Å². The van der Waals surface area contributed by atoms with E-state index in [1.165, 1.54) is 24.0 Å². The fourth-order valence-electron chi connectivity index (χ4n) is 2.64. The molecule has 0 amide bonds. The van der Waals surface area contributed by atoms with Crippen molar-refractivity contribution in [3.63, 3.8) is 0 Å². The second-order valence-corrected chi connectivity index (χ2v) is 5.81. The number of benzene rings is 1. The lowest BCUT2D eigenvalue weighted by atomic mass is 10.1. The molecule has 1 aromatic rings. The maximum Gasteiger partial charge on any atom is 0.193 e. The minimum atomic E-state index is 0. The summed E-state index contributed by atoms with van der Waals surface area (Å²) < 4.78 is 10.9. The maximum absolute atomic E-state index is 5.91. The molecule has 136 valence electrons. The van der Waals surface area contributed by atoms with E-state index < -0.39 is 0 Å². The van der Waals surface area contributed by atoms with Gasteiger partial charge in [0.25, 0.3) is 0 Å². The minimum absolute atomic E-state index is 0. The zero-order chi connectivity index (χ0) is 16.3.